The summed E-state index contributed by atoms with van der Waals surface area (Å²) in [6, 6.07) is 66.0. The fraction of sp³-hybridized carbons (Fsp3) is 0.138. The van der Waals surface area contributed by atoms with E-state index in [0.717, 1.165) is 0 Å². The van der Waals surface area contributed by atoms with Crippen molar-refractivity contribution >= 4 is 21.5 Å². The van der Waals surface area contributed by atoms with E-state index in [1.807, 2.05) is 0 Å². The second-order valence-electron chi connectivity index (χ2n) is 21.2. The Kier molecular flexibility index (Phi) is 6.49. The van der Waals surface area contributed by atoms with Gasteiger partial charge in [0, 0.05) is 16.2 Å². The normalized spacial score (nSPS) is 15.9. The van der Waals surface area contributed by atoms with Crippen molar-refractivity contribution < 1.29 is 0 Å². The van der Waals surface area contributed by atoms with Crippen molar-refractivity contribution in [3.8, 4) is 100 Å². The van der Waals surface area contributed by atoms with Crippen LogP contribution in [0.15, 0.2) is 170 Å². The molecule has 0 N–H and O–H groups in total. The number of hydrogen-bond acceptors (Lipinski definition) is 0. The maximum Gasteiger partial charge on any atom is 0.0159 e. The highest BCUT2D eigenvalue weighted by molar-refractivity contribution is 6.21. The zero-order chi connectivity index (χ0) is 43.5. The van der Waals surface area contributed by atoms with Crippen molar-refractivity contribution in [2.75, 3.05) is 0 Å². The van der Waals surface area contributed by atoms with Gasteiger partial charge in [-0.3, -0.25) is 0 Å². The van der Waals surface area contributed by atoms with Crippen LogP contribution in [0.1, 0.15) is 74.9 Å². The molecule has 10 aromatic rings. The third-order valence-electron chi connectivity index (χ3n) is 17.0. The van der Waals surface area contributed by atoms with Gasteiger partial charge in [0.2, 0.25) is 0 Å². The third kappa shape index (κ3) is 4.30. The molecule has 0 saturated heterocycles. The Morgan fingerprint density at radius 2 is 0.538 bits per heavy atom. The summed E-state index contributed by atoms with van der Waals surface area (Å²) in [6.45, 7) is 14.4. The molecule has 0 saturated carbocycles. The lowest BCUT2D eigenvalue weighted by Gasteiger charge is -2.23. The van der Waals surface area contributed by atoms with Crippen molar-refractivity contribution in [3.05, 3.63) is 203 Å². The van der Waals surface area contributed by atoms with Crippen LogP contribution in [0, 0.1) is 0 Å². The molecule has 0 aliphatic heterocycles. The van der Waals surface area contributed by atoms with E-state index < -0.39 is 0 Å². The summed E-state index contributed by atoms with van der Waals surface area (Å²) in [6.07, 6.45) is 0. The summed E-state index contributed by atoms with van der Waals surface area (Å²) in [4.78, 5) is 0. The number of hydrogen-bond donors (Lipinski definition) is 0. The lowest BCUT2D eigenvalue weighted by Crippen LogP contribution is -2.15. The lowest BCUT2D eigenvalue weighted by atomic mass is 9.80. The average Bonchev–Trinajstić information content (AvgIpc) is 4.03. The van der Waals surface area contributed by atoms with E-state index in [1.54, 1.807) is 0 Å². The van der Waals surface area contributed by atoms with Crippen molar-refractivity contribution in [3.63, 3.8) is 0 Å². The molecule has 0 atom stereocenters. The first kappa shape index (κ1) is 36.1. The number of benzene rings is 10. The minimum absolute atomic E-state index is 0.0385. The van der Waals surface area contributed by atoms with E-state index in [9.17, 15) is 0 Å². The monoisotopic (exact) mass is 826 g/mol. The Bertz CT molecular complexity index is 3650. The Morgan fingerprint density at radius 1 is 0.215 bits per heavy atom. The maximum absolute atomic E-state index is 2.55. The zero-order valence-electron chi connectivity index (χ0n) is 37.7. The van der Waals surface area contributed by atoms with Crippen LogP contribution >= 0.6 is 0 Å². The van der Waals surface area contributed by atoms with Crippen LogP contribution in [0.5, 0.6) is 0 Å². The summed E-state index contributed by atoms with van der Waals surface area (Å²) < 4.78 is 0. The summed E-state index contributed by atoms with van der Waals surface area (Å²) in [5.74, 6) is 0. The first-order chi connectivity index (χ1) is 31.5. The molecule has 0 heterocycles. The van der Waals surface area contributed by atoms with Gasteiger partial charge in [-0.2, -0.15) is 0 Å². The van der Waals surface area contributed by atoms with Crippen LogP contribution in [0.2, 0.25) is 0 Å². The van der Waals surface area contributed by atoms with E-state index >= 15 is 0 Å². The largest absolute Gasteiger partial charge is 0.0619 e. The minimum Gasteiger partial charge on any atom is -0.0619 e. The van der Waals surface area contributed by atoms with Gasteiger partial charge in [0.25, 0.3) is 0 Å². The molecule has 0 unspecified atom stereocenters. The standard InChI is InChI=1S/C65H46/c1-63(2)55-19-9-7-13-39(55)41-23-21-35(29-57(41)63)37-25-27-47-51-33-59-53(31-49(51)45-17-11-15-43(37)61(45)47)54-32-50-46-18-12-16-44-38(26-28-48(62(44)46)52(50)34-60(54)65(59,5)6)36-22-24-42-40-14-8-10-20-56(40)64(3,4)58(42)30-36/h7-34H,1-6H3. The maximum atomic E-state index is 2.55. The predicted molar refractivity (Wildman–Crippen MR) is 274 cm³/mol. The molecular formula is C65H46. The van der Waals surface area contributed by atoms with Gasteiger partial charge in [-0.15, -0.1) is 0 Å². The van der Waals surface area contributed by atoms with E-state index in [1.165, 1.54) is 155 Å². The van der Waals surface area contributed by atoms with Crippen LogP contribution in [0.4, 0.5) is 0 Å². The van der Waals surface area contributed by atoms with Crippen LogP contribution in [-0.4, -0.2) is 0 Å². The van der Waals surface area contributed by atoms with Crippen molar-refractivity contribution in [2.24, 2.45) is 0 Å². The van der Waals surface area contributed by atoms with Gasteiger partial charge < -0.3 is 0 Å². The molecule has 5 aliphatic carbocycles. The van der Waals surface area contributed by atoms with Crippen molar-refractivity contribution in [1.82, 2.24) is 0 Å². The lowest BCUT2D eigenvalue weighted by molar-refractivity contribution is 0.660. The molecule has 0 amide bonds. The molecule has 0 spiro atoms. The molecule has 15 rings (SSSR count). The second kappa shape index (κ2) is 11.7. The third-order valence-corrected chi connectivity index (χ3v) is 17.0. The highest BCUT2D eigenvalue weighted by atomic mass is 14.4. The first-order valence-corrected chi connectivity index (χ1v) is 23.5. The molecule has 0 radical (unpaired) electrons. The van der Waals surface area contributed by atoms with E-state index in [4.69, 9.17) is 0 Å². The minimum atomic E-state index is -0.153. The summed E-state index contributed by atoms with van der Waals surface area (Å²) >= 11 is 0. The molecule has 0 aromatic heterocycles. The average molecular weight is 827 g/mol. The van der Waals surface area contributed by atoms with E-state index in [-0.39, 0.29) is 16.2 Å². The molecular weight excluding hydrogens is 781 g/mol. The van der Waals surface area contributed by atoms with E-state index in [0.29, 0.717) is 0 Å². The molecule has 0 fully saturated rings. The zero-order valence-corrected chi connectivity index (χ0v) is 37.7. The topological polar surface area (TPSA) is 0 Å². The molecule has 306 valence electrons. The van der Waals surface area contributed by atoms with Gasteiger partial charge in [-0.25, -0.2) is 0 Å². The highest BCUT2D eigenvalue weighted by Gasteiger charge is 2.41. The second-order valence-corrected chi connectivity index (χ2v) is 21.2. The fourth-order valence-corrected chi connectivity index (χ4v) is 13.7. The number of rotatable bonds is 2. The Labute approximate surface area is 380 Å². The summed E-state index contributed by atoms with van der Waals surface area (Å²) in [5.41, 5.74) is 32.6. The quantitative estimate of drug-likeness (QED) is 0.163. The van der Waals surface area contributed by atoms with Gasteiger partial charge in [-0.05, 0) is 191 Å². The molecule has 65 heavy (non-hydrogen) atoms. The van der Waals surface area contributed by atoms with Crippen LogP contribution in [0.25, 0.3) is 122 Å². The fourth-order valence-electron chi connectivity index (χ4n) is 13.7. The van der Waals surface area contributed by atoms with Gasteiger partial charge in [0.15, 0.2) is 0 Å². The van der Waals surface area contributed by atoms with Gasteiger partial charge >= 0.3 is 0 Å². The Hall–Kier alpha value is -7.28. The summed E-state index contributed by atoms with van der Waals surface area (Å²) in [5, 5.41) is 5.43. The predicted octanol–water partition coefficient (Wildman–Crippen LogP) is 17.5. The van der Waals surface area contributed by atoms with Crippen LogP contribution in [-0.2, 0) is 16.2 Å². The summed E-state index contributed by atoms with van der Waals surface area (Å²) in [7, 11) is 0. The van der Waals surface area contributed by atoms with Gasteiger partial charge in [-0.1, -0.05) is 175 Å². The molecule has 10 aromatic carbocycles. The highest BCUT2D eigenvalue weighted by Crippen LogP contribution is 2.60. The SMILES string of the molecule is CC1(C)c2ccccc2-c2ccc(-c3ccc4c5c(cccc35)-c3cc5c(cc3-4)C(C)(C)c3cc4c(cc3-5)-c3cccc5c(-c6ccc7c(c6)C(C)(C)c6ccccc6-7)ccc-4c35)cc21. The molecule has 5 aliphatic rings. The number of fused-ring (bicyclic) bond motifs is 15. The van der Waals surface area contributed by atoms with Gasteiger partial charge in [0.05, 0.1) is 0 Å². The van der Waals surface area contributed by atoms with Crippen LogP contribution < -0.4 is 0 Å². The first-order valence-electron chi connectivity index (χ1n) is 23.5. The Balaban J connectivity index is 0.849. The van der Waals surface area contributed by atoms with Gasteiger partial charge in [0.1, 0.15) is 0 Å². The Morgan fingerprint density at radius 3 is 1.00 bits per heavy atom. The van der Waals surface area contributed by atoms with Crippen molar-refractivity contribution in [2.45, 2.75) is 57.8 Å². The molecule has 0 nitrogen and oxygen atoms in total. The smallest absolute Gasteiger partial charge is 0.0159 e. The molecule has 0 heteroatoms. The molecule has 0 bridgehead atoms. The van der Waals surface area contributed by atoms with Crippen molar-refractivity contribution in [1.29, 1.82) is 0 Å². The van der Waals surface area contributed by atoms with E-state index in [2.05, 4.69) is 211 Å². The van der Waals surface area contributed by atoms with Crippen LogP contribution in [0.3, 0.4) is 0 Å².